The molecule has 6 heteroatoms. The minimum Gasteiger partial charge on any atom is -0.344 e. The molecule has 1 aromatic carbocycles. The van der Waals surface area contributed by atoms with Crippen molar-refractivity contribution in [2.24, 2.45) is 0 Å². The first-order chi connectivity index (χ1) is 11.0. The zero-order chi connectivity index (χ0) is 16.6. The number of likely N-dealkylation sites (tertiary alicyclic amines) is 1. The van der Waals surface area contributed by atoms with Gasteiger partial charge >= 0.3 is 0 Å². The quantitative estimate of drug-likeness (QED) is 0.904. The summed E-state index contributed by atoms with van der Waals surface area (Å²) in [7, 11) is 1.75. The average Bonchev–Trinajstić information content (AvgIpc) is 3.03. The van der Waals surface area contributed by atoms with Crippen molar-refractivity contribution in [2.45, 2.75) is 26.3 Å². The molecule has 2 aromatic rings. The topological polar surface area (TPSA) is 78.1 Å². The summed E-state index contributed by atoms with van der Waals surface area (Å²) in [5, 5.41) is 9.97. The lowest BCUT2D eigenvalue weighted by atomic mass is 10.0. The Morgan fingerprint density at radius 2 is 2.17 bits per heavy atom. The van der Waals surface area contributed by atoms with Crippen molar-refractivity contribution in [3.8, 4) is 11.1 Å². The van der Waals surface area contributed by atoms with Crippen LogP contribution in [0.25, 0.3) is 11.1 Å². The molecule has 120 valence electrons. The van der Waals surface area contributed by atoms with E-state index in [1.807, 2.05) is 32.0 Å². The molecule has 1 aliphatic heterocycles. The van der Waals surface area contributed by atoms with Crippen molar-refractivity contribution in [1.29, 1.82) is 0 Å². The highest BCUT2D eigenvalue weighted by atomic mass is 16.2. The normalized spacial score (nSPS) is 17.6. The van der Waals surface area contributed by atoms with Crippen molar-refractivity contribution >= 4 is 11.8 Å². The summed E-state index contributed by atoms with van der Waals surface area (Å²) in [6.07, 6.45) is 0.653. The average molecular weight is 312 g/mol. The van der Waals surface area contributed by atoms with Crippen molar-refractivity contribution in [2.75, 3.05) is 13.6 Å². The minimum atomic E-state index is -0.423. The first-order valence-electron chi connectivity index (χ1n) is 7.65. The highest BCUT2D eigenvalue weighted by molar-refractivity contribution is 5.99. The molecule has 0 spiro atoms. The number of aromatic amines is 1. The van der Waals surface area contributed by atoms with Crippen LogP contribution in [0.5, 0.6) is 0 Å². The molecule has 0 radical (unpaired) electrons. The van der Waals surface area contributed by atoms with E-state index in [-0.39, 0.29) is 11.8 Å². The summed E-state index contributed by atoms with van der Waals surface area (Å²) in [5.41, 5.74) is 4.36. The fourth-order valence-electron chi connectivity index (χ4n) is 2.99. The van der Waals surface area contributed by atoms with Crippen LogP contribution in [0.4, 0.5) is 0 Å². The lowest BCUT2D eigenvalue weighted by Crippen LogP contribution is -2.40. The second kappa shape index (κ2) is 5.87. The maximum Gasteiger partial charge on any atom is 0.251 e. The van der Waals surface area contributed by atoms with Gasteiger partial charge in [-0.3, -0.25) is 14.7 Å². The first kappa shape index (κ1) is 15.3. The van der Waals surface area contributed by atoms with Gasteiger partial charge < -0.3 is 10.2 Å². The predicted molar refractivity (Wildman–Crippen MR) is 87.0 cm³/mol. The third-order valence-corrected chi connectivity index (χ3v) is 4.27. The van der Waals surface area contributed by atoms with Gasteiger partial charge in [0, 0.05) is 30.4 Å². The highest BCUT2D eigenvalue weighted by Gasteiger charge is 2.30. The van der Waals surface area contributed by atoms with Gasteiger partial charge in [-0.1, -0.05) is 12.1 Å². The fourth-order valence-corrected chi connectivity index (χ4v) is 2.99. The van der Waals surface area contributed by atoms with Crippen LogP contribution in [0.3, 0.4) is 0 Å². The molecule has 1 fully saturated rings. The van der Waals surface area contributed by atoms with Crippen LogP contribution in [0.15, 0.2) is 24.3 Å². The maximum atomic E-state index is 12.4. The molecule has 6 nitrogen and oxygen atoms in total. The van der Waals surface area contributed by atoms with E-state index in [2.05, 4.69) is 15.5 Å². The molecule has 1 aliphatic rings. The van der Waals surface area contributed by atoms with Gasteiger partial charge in [-0.05, 0) is 38.0 Å². The Kier molecular flexibility index (Phi) is 3.90. The number of carbonyl (C=O) groups is 2. The zero-order valence-corrected chi connectivity index (χ0v) is 13.5. The van der Waals surface area contributed by atoms with Crippen molar-refractivity contribution in [1.82, 2.24) is 20.4 Å². The van der Waals surface area contributed by atoms with Crippen LogP contribution in [-0.2, 0) is 4.79 Å². The van der Waals surface area contributed by atoms with E-state index in [1.54, 1.807) is 18.0 Å². The summed E-state index contributed by atoms with van der Waals surface area (Å²) in [4.78, 5) is 26.0. The number of H-pyrrole nitrogens is 1. The number of aromatic nitrogens is 2. The highest BCUT2D eigenvalue weighted by Crippen LogP contribution is 2.26. The van der Waals surface area contributed by atoms with Crippen LogP contribution in [-0.4, -0.2) is 46.5 Å². The Morgan fingerprint density at radius 1 is 1.39 bits per heavy atom. The van der Waals surface area contributed by atoms with E-state index in [1.165, 1.54) is 0 Å². The molecular formula is C17H20N4O2. The van der Waals surface area contributed by atoms with E-state index >= 15 is 0 Å². The van der Waals surface area contributed by atoms with Crippen LogP contribution < -0.4 is 5.32 Å². The summed E-state index contributed by atoms with van der Waals surface area (Å²) in [5.74, 6) is -0.254. The van der Waals surface area contributed by atoms with Gasteiger partial charge in [0.25, 0.3) is 5.91 Å². The molecule has 0 bridgehead atoms. The number of amides is 2. The number of nitrogens with one attached hydrogen (secondary N) is 2. The zero-order valence-electron chi connectivity index (χ0n) is 13.5. The lowest BCUT2D eigenvalue weighted by molar-refractivity contribution is -0.128. The van der Waals surface area contributed by atoms with Gasteiger partial charge in [-0.25, -0.2) is 0 Å². The fraction of sp³-hybridized carbons (Fsp3) is 0.353. The second-order valence-corrected chi connectivity index (χ2v) is 5.96. The van der Waals surface area contributed by atoms with Gasteiger partial charge in [-0.2, -0.15) is 5.10 Å². The van der Waals surface area contributed by atoms with Crippen LogP contribution in [0.2, 0.25) is 0 Å². The Balaban J connectivity index is 1.83. The monoisotopic (exact) mass is 312 g/mol. The van der Waals surface area contributed by atoms with Crippen LogP contribution >= 0.6 is 0 Å². The van der Waals surface area contributed by atoms with E-state index in [9.17, 15) is 9.59 Å². The number of likely N-dealkylation sites (N-methyl/N-ethyl adjacent to an activating group) is 1. The summed E-state index contributed by atoms with van der Waals surface area (Å²) in [6.45, 7) is 4.56. The summed E-state index contributed by atoms with van der Waals surface area (Å²) >= 11 is 0. The standard InChI is InChI=1S/C17H20N4O2/c1-10-15(11(2)20-19-10)12-5-4-6-13(9-12)16(22)18-14-7-8-21(3)17(14)23/h4-6,9,14H,7-8H2,1-3H3,(H,18,22)(H,19,20). The summed E-state index contributed by atoms with van der Waals surface area (Å²) < 4.78 is 0. The van der Waals surface area contributed by atoms with Crippen molar-refractivity contribution in [3.05, 3.63) is 41.2 Å². The Hall–Kier alpha value is -2.63. The molecule has 2 heterocycles. The lowest BCUT2D eigenvalue weighted by Gasteiger charge is -2.13. The molecule has 1 saturated heterocycles. The molecule has 23 heavy (non-hydrogen) atoms. The van der Waals surface area contributed by atoms with Crippen molar-refractivity contribution < 1.29 is 9.59 Å². The van der Waals surface area contributed by atoms with Gasteiger partial charge in [0.1, 0.15) is 6.04 Å². The molecule has 2 amide bonds. The molecule has 1 unspecified atom stereocenters. The van der Waals surface area contributed by atoms with E-state index in [0.29, 0.717) is 18.5 Å². The predicted octanol–water partition coefficient (Wildman–Crippen LogP) is 1.65. The molecule has 2 N–H and O–H groups in total. The number of benzene rings is 1. The van der Waals surface area contributed by atoms with E-state index in [0.717, 1.165) is 22.5 Å². The number of carbonyl (C=O) groups excluding carboxylic acids is 2. The SMILES string of the molecule is Cc1n[nH]c(C)c1-c1cccc(C(=O)NC2CCN(C)C2=O)c1. The van der Waals surface area contributed by atoms with Gasteiger partial charge in [0.2, 0.25) is 5.91 Å². The van der Waals surface area contributed by atoms with Gasteiger partial charge in [-0.15, -0.1) is 0 Å². The Bertz CT molecular complexity index is 746. The minimum absolute atomic E-state index is 0.0315. The molecule has 3 rings (SSSR count). The number of aryl methyl sites for hydroxylation is 2. The van der Waals surface area contributed by atoms with E-state index < -0.39 is 6.04 Å². The maximum absolute atomic E-state index is 12.4. The van der Waals surface area contributed by atoms with Gasteiger partial charge in [0.05, 0.1) is 5.69 Å². The van der Waals surface area contributed by atoms with Crippen LogP contribution in [0, 0.1) is 13.8 Å². The Labute approximate surface area is 134 Å². The number of hydrogen-bond acceptors (Lipinski definition) is 3. The largest absolute Gasteiger partial charge is 0.344 e. The molecule has 1 aromatic heterocycles. The number of nitrogens with zero attached hydrogens (tertiary/aromatic N) is 2. The summed E-state index contributed by atoms with van der Waals surface area (Å²) in [6, 6.07) is 6.97. The smallest absolute Gasteiger partial charge is 0.251 e. The molecular weight excluding hydrogens is 292 g/mol. The Morgan fingerprint density at radius 3 is 2.78 bits per heavy atom. The van der Waals surface area contributed by atoms with Crippen LogP contribution in [0.1, 0.15) is 28.2 Å². The molecule has 0 saturated carbocycles. The molecule has 1 atom stereocenters. The third-order valence-electron chi connectivity index (χ3n) is 4.27. The number of hydrogen-bond donors (Lipinski definition) is 2. The van der Waals surface area contributed by atoms with E-state index in [4.69, 9.17) is 0 Å². The first-order valence-corrected chi connectivity index (χ1v) is 7.65. The second-order valence-electron chi connectivity index (χ2n) is 5.96. The number of rotatable bonds is 3. The van der Waals surface area contributed by atoms with Gasteiger partial charge in [0.15, 0.2) is 0 Å². The molecule has 0 aliphatic carbocycles. The van der Waals surface area contributed by atoms with Crippen molar-refractivity contribution in [3.63, 3.8) is 0 Å². The third kappa shape index (κ3) is 2.84.